The fourth-order valence-electron chi connectivity index (χ4n) is 1.62. The second-order valence-electron chi connectivity index (χ2n) is 3.97. The number of hydrogen-bond donors (Lipinski definition) is 1. The SMILES string of the molecule is O=C1NC(=Nc2ccc(Br)cc2)S/C1=C\c1ccco1. The third-order valence-electron chi connectivity index (χ3n) is 2.52. The van der Waals surface area contributed by atoms with E-state index in [2.05, 4.69) is 26.2 Å². The fourth-order valence-corrected chi connectivity index (χ4v) is 2.70. The molecule has 2 aromatic rings. The molecule has 1 saturated heterocycles. The Labute approximate surface area is 128 Å². The minimum absolute atomic E-state index is 0.165. The zero-order valence-corrected chi connectivity index (χ0v) is 12.6. The molecule has 0 atom stereocenters. The van der Waals surface area contributed by atoms with E-state index in [9.17, 15) is 4.79 Å². The van der Waals surface area contributed by atoms with Crippen molar-refractivity contribution in [3.05, 3.63) is 57.8 Å². The van der Waals surface area contributed by atoms with E-state index in [1.807, 2.05) is 24.3 Å². The van der Waals surface area contributed by atoms with Gasteiger partial charge in [-0.3, -0.25) is 4.79 Å². The quantitative estimate of drug-likeness (QED) is 0.836. The molecule has 1 amide bonds. The summed E-state index contributed by atoms with van der Waals surface area (Å²) in [7, 11) is 0. The summed E-state index contributed by atoms with van der Waals surface area (Å²) in [5.41, 5.74) is 0.787. The van der Waals surface area contributed by atoms with E-state index in [1.165, 1.54) is 11.8 Å². The van der Waals surface area contributed by atoms with Gasteiger partial charge in [0.2, 0.25) is 0 Å². The number of thioether (sulfide) groups is 1. The molecule has 1 N–H and O–H groups in total. The number of aliphatic imine (C=N–C) groups is 1. The van der Waals surface area contributed by atoms with Crippen molar-refractivity contribution in [3.63, 3.8) is 0 Å². The van der Waals surface area contributed by atoms with Gasteiger partial charge in [-0.1, -0.05) is 15.9 Å². The van der Waals surface area contributed by atoms with E-state index in [-0.39, 0.29) is 5.91 Å². The summed E-state index contributed by atoms with van der Waals surface area (Å²) in [5.74, 6) is 0.481. The Bertz CT molecular complexity index is 690. The van der Waals surface area contributed by atoms with Crippen LogP contribution in [0.2, 0.25) is 0 Å². The molecule has 4 nitrogen and oxygen atoms in total. The maximum atomic E-state index is 11.8. The van der Waals surface area contributed by atoms with Crippen molar-refractivity contribution in [2.45, 2.75) is 0 Å². The van der Waals surface area contributed by atoms with E-state index in [0.717, 1.165) is 10.2 Å². The second-order valence-corrected chi connectivity index (χ2v) is 5.92. The first-order chi connectivity index (χ1) is 9.70. The molecule has 1 aromatic carbocycles. The maximum Gasteiger partial charge on any atom is 0.264 e. The lowest BCUT2D eigenvalue weighted by molar-refractivity contribution is -0.115. The number of carbonyl (C=O) groups is 1. The van der Waals surface area contributed by atoms with Gasteiger partial charge in [-0.2, -0.15) is 0 Å². The Morgan fingerprint density at radius 1 is 1.25 bits per heavy atom. The molecule has 1 aromatic heterocycles. The number of hydrogen-bond acceptors (Lipinski definition) is 4. The molecule has 1 fully saturated rings. The zero-order valence-electron chi connectivity index (χ0n) is 10.2. The van der Waals surface area contributed by atoms with Gasteiger partial charge in [-0.05, 0) is 48.2 Å². The first kappa shape index (κ1) is 13.2. The summed E-state index contributed by atoms with van der Waals surface area (Å²) in [6.45, 7) is 0. The van der Waals surface area contributed by atoms with Gasteiger partial charge in [-0.25, -0.2) is 4.99 Å². The van der Waals surface area contributed by atoms with Crippen molar-refractivity contribution in [1.29, 1.82) is 0 Å². The Morgan fingerprint density at radius 2 is 2.05 bits per heavy atom. The van der Waals surface area contributed by atoms with Crippen LogP contribution in [0.1, 0.15) is 5.76 Å². The molecule has 100 valence electrons. The largest absolute Gasteiger partial charge is 0.465 e. The lowest BCUT2D eigenvalue weighted by Crippen LogP contribution is -2.19. The average molecular weight is 349 g/mol. The number of benzene rings is 1. The highest BCUT2D eigenvalue weighted by atomic mass is 79.9. The van der Waals surface area contributed by atoms with Gasteiger partial charge in [-0.15, -0.1) is 0 Å². The van der Waals surface area contributed by atoms with E-state index in [1.54, 1.807) is 24.5 Å². The van der Waals surface area contributed by atoms with Gasteiger partial charge in [0.05, 0.1) is 16.9 Å². The lowest BCUT2D eigenvalue weighted by atomic mass is 10.3. The van der Waals surface area contributed by atoms with E-state index in [4.69, 9.17) is 4.42 Å². The number of nitrogens with one attached hydrogen (secondary N) is 1. The number of carbonyl (C=O) groups excluding carboxylic acids is 1. The topological polar surface area (TPSA) is 54.6 Å². The summed E-state index contributed by atoms with van der Waals surface area (Å²) < 4.78 is 6.18. The van der Waals surface area contributed by atoms with Crippen LogP contribution in [0, 0.1) is 0 Å². The summed E-state index contributed by atoms with van der Waals surface area (Å²) in [6.07, 6.45) is 3.27. The summed E-state index contributed by atoms with van der Waals surface area (Å²) in [6, 6.07) is 11.1. The highest BCUT2D eigenvalue weighted by molar-refractivity contribution is 9.10. The van der Waals surface area contributed by atoms with Gasteiger partial charge in [0, 0.05) is 10.5 Å². The third-order valence-corrected chi connectivity index (χ3v) is 3.96. The van der Waals surface area contributed by atoms with Crippen LogP contribution in [0.25, 0.3) is 6.08 Å². The summed E-state index contributed by atoms with van der Waals surface area (Å²) in [4.78, 5) is 16.8. The van der Waals surface area contributed by atoms with Crippen molar-refractivity contribution in [2.75, 3.05) is 0 Å². The smallest absolute Gasteiger partial charge is 0.264 e. The standard InChI is InChI=1S/C14H9BrN2O2S/c15-9-3-5-10(6-4-9)16-14-17-13(18)12(20-14)8-11-2-1-7-19-11/h1-8H,(H,16,17,18)/b12-8-. The molecule has 0 bridgehead atoms. The normalized spacial score (nSPS) is 18.8. The van der Waals surface area contributed by atoms with Gasteiger partial charge < -0.3 is 9.73 Å². The first-order valence-electron chi connectivity index (χ1n) is 5.79. The lowest BCUT2D eigenvalue weighted by Gasteiger charge is -1.96. The number of rotatable bonds is 2. The van der Waals surface area contributed by atoms with Crippen molar-refractivity contribution in [3.8, 4) is 0 Å². The third kappa shape index (κ3) is 3.02. The number of nitrogens with zero attached hydrogens (tertiary/aromatic N) is 1. The van der Waals surface area contributed by atoms with Gasteiger partial charge in [0.1, 0.15) is 5.76 Å². The van der Waals surface area contributed by atoms with Crippen LogP contribution in [0.15, 0.2) is 61.4 Å². The maximum absolute atomic E-state index is 11.8. The predicted octanol–water partition coefficient (Wildman–Crippen LogP) is 3.93. The molecule has 0 aliphatic carbocycles. The summed E-state index contributed by atoms with van der Waals surface area (Å²) >= 11 is 4.66. The number of furan rings is 1. The zero-order chi connectivity index (χ0) is 13.9. The number of amides is 1. The molecule has 3 rings (SSSR count). The van der Waals surface area contributed by atoms with Gasteiger partial charge in [0.25, 0.3) is 5.91 Å². The molecule has 0 radical (unpaired) electrons. The van der Waals surface area contributed by atoms with Crippen LogP contribution >= 0.6 is 27.7 Å². The molecule has 1 aliphatic heterocycles. The Balaban J connectivity index is 1.81. The monoisotopic (exact) mass is 348 g/mol. The molecular formula is C14H9BrN2O2S. The molecule has 0 saturated carbocycles. The molecular weight excluding hydrogens is 340 g/mol. The van der Waals surface area contributed by atoms with Crippen molar-refractivity contribution >= 4 is 50.5 Å². The van der Waals surface area contributed by atoms with Crippen molar-refractivity contribution < 1.29 is 9.21 Å². The second kappa shape index (κ2) is 5.68. The Kier molecular flexibility index (Phi) is 3.75. The fraction of sp³-hybridized carbons (Fsp3) is 0. The number of halogens is 1. The van der Waals surface area contributed by atoms with E-state index in [0.29, 0.717) is 15.8 Å². The van der Waals surface area contributed by atoms with Crippen LogP contribution < -0.4 is 5.32 Å². The van der Waals surface area contributed by atoms with E-state index < -0.39 is 0 Å². The van der Waals surface area contributed by atoms with Crippen molar-refractivity contribution in [2.24, 2.45) is 4.99 Å². The van der Waals surface area contributed by atoms with Crippen LogP contribution in [-0.2, 0) is 4.79 Å². The number of amidine groups is 1. The highest BCUT2D eigenvalue weighted by Gasteiger charge is 2.24. The molecule has 6 heteroatoms. The Morgan fingerprint density at radius 3 is 2.75 bits per heavy atom. The van der Waals surface area contributed by atoms with E-state index >= 15 is 0 Å². The molecule has 2 heterocycles. The van der Waals surface area contributed by atoms with Crippen molar-refractivity contribution in [1.82, 2.24) is 5.32 Å². The minimum atomic E-state index is -0.165. The first-order valence-corrected chi connectivity index (χ1v) is 7.40. The van der Waals surface area contributed by atoms with Gasteiger partial charge >= 0.3 is 0 Å². The highest BCUT2D eigenvalue weighted by Crippen LogP contribution is 2.28. The molecule has 1 aliphatic rings. The molecule has 0 spiro atoms. The molecule has 20 heavy (non-hydrogen) atoms. The van der Waals surface area contributed by atoms with Gasteiger partial charge in [0.15, 0.2) is 5.17 Å². The van der Waals surface area contributed by atoms with Crippen LogP contribution in [0.4, 0.5) is 5.69 Å². The molecule has 0 unspecified atom stereocenters. The van der Waals surface area contributed by atoms with Crippen LogP contribution in [0.5, 0.6) is 0 Å². The summed E-state index contributed by atoms with van der Waals surface area (Å²) in [5, 5.41) is 3.30. The van der Waals surface area contributed by atoms with Crippen LogP contribution in [-0.4, -0.2) is 11.1 Å². The predicted molar refractivity (Wildman–Crippen MR) is 83.7 cm³/mol. The Hall–Kier alpha value is -1.79. The average Bonchev–Trinajstić information content (AvgIpc) is 3.04. The minimum Gasteiger partial charge on any atom is -0.465 e. The van der Waals surface area contributed by atoms with Crippen LogP contribution in [0.3, 0.4) is 0 Å².